The number of hydrogen-bond donors (Lipinski definition) is 1. The van der Waals surface area contributed by atoms with Crippen molar-refractivity contribution >= 4 is 38.5 Å². The van der Waals surface area contributed by atoms with Gasteiger partial charge in [-0.2, -0.15) is 8.75 Å². The number of anilines is 1. The van der Waals surface area contributed by atoms with Gasteiger partial charge in [-0.25, -0.2) is 12.8 Å². The summed E-state index contributed by atoms with van der Waals surface area (Å²) in [4.78, 5) is 0.0148. The maximum absolute atomic E-state index is 13.5. The zero-order chi connectivity index (χ0) is 14.2. The summed E-state index contributed by atoms with van der Waals surface area (Å²) in [6.07, 6.45) is 0. The fourth-order valence-corrected chi connectivity index (χ4v) is 3.28. The Morgan fingerprint density at radius 3 is 2.60 bits per heavy atom. The predicted octanol–water partition coefficient (Wildman–Crippen LogP) is 2.63. The summed E-state index contributed by atoms with van der Waals surface area (Å²) < 4.78 is 48.1. The van der Waals surface area contributed by atoms with Gasteiger partial charge in [-0.15, -0.1) is 0 Å². The summed E-state index contributed by atoms with van der Waals surface area (Å²) >= 11 is 1.00. The molecule has 5 nitrogen and oxygen atoms in total. The van der Waals surface area contributed by atoms with E-state index in [0.29, 0.717) is 11.0 Å². The molecule has 1 aromatic heterocycles. The molecule has 0 amide bonds. The standard InChI is InChI=1S/C12H8FN3O2S2/c13-9-3-1-2-4-10(9)16-20(17,18)8-5-6-11-12(7-8)15-19-14-11/h1-7,16H. The van der Waals surface area contributed by atoms with Crippen LogP contribution < -0.4 is 4.72 Å². The molecule has 3 aromatic rings. The van der Waals surface area contributed by atoms with Crippen molar-refractivity contribution in [3.05, 3.63) is 48.3 Å². The maximum Gasteiger partial charge on any atom is 0.262 e. The molecule has 0 fully saturated rings. The van der Waals surface area contributed by atoms with Gasteiger partial charge >= 0.3 is 0 Å². The Labute approximate surface area is 118 Å². The van der Waals surface area contributed by atoms with Crippen molar-refractivity contribution in [1.29, 1.82) is 0 Å². The number of nitrogens with zero attached hydrogens (tertiary/aromatic N) is 2. The first kappa shape index (κ1) is 12.9. The van der Waals surface area contributed by atoms with Crippen molar-refractivity contribution in [1.82, 2.24) is 8.75 Å². The van der Waals surface area contributed by atoms with Gasteiger partial charge in [0.2, 0.25) is 0 Å². The second-order valence-corrected chi connectivity index (χ2v) is 6.21. The number of hydrogen-bond acceptors (Lipinski definition) is 5. The molecule has 0 aliphatic carbocycles. The number of fused-ring (bicyclic) bond motifs is 1. The molecule has 0 radical (unpaired) electrons. The van der Waals surface area contributed by atoms with E-state index in [0.717, 1.165) is 11.7 Å². The number of nitrogens with one attached hydrogen (secondary N) is 1. The van der Waals surface area contributed by atoms with Gasteiger partial charge in [0.25, 0.3) is 10.0 Å². The number of para-hydroxylation sites is 1. The van der Waals surface area contributed by atoms with E-state index < -0.39 is 15.8 Å². The number of sulfonamides is 1. The quantitative estimate of drug-likeness (QED) is 0.807. The third-order valence-electron chi connectivity index (χ3n) is 2.65. The Hall–Kier alpha value is -2.06. The van der Waals surface area contributed by atoms with E-state index in [4.69, 9.17) is 0 Å². The van der Waals surface area contributed by atoms with Crippen LogP contribution in [0.3, 0.4) is 0 Å². The van der Waals surface area contributed by atoms with Crippen molar-refractivity contribution in [2.45, 2.75) is 4.90 Å². The fourth-order valence-electron chi connectivity index (χ4n) is 1.68. The minimum atomic E-state index is -3.86. The molecule has 0 spiro atoms. The van der Waals surface area contributed by atoms with Crippen molar-refractivity contribution in [2.75, 3.05) is 4.72 Å². The van der Waals surface area contributed by atoms with E-state index in [1.54, 1.807) is 12.1 Å². The van der Waals surface area contributed by atoms with Crippen molar-refractivity contribution < 1.29 is 12.8 Å². The lowest BCUT2D eigenvalue weighted by atomic mass is 10.3. The molecule has 1 N–H and O–H groups in total. The SMILES string of the molecule is O=S(=O)(Nc1ccccc1F)c1ccc2nsnc2c1. The normalized spacial score (nSPS) is 11.7. The van der Waals surface area contributed by atoms with Crippen LogP contribution in [0.25, 0.3) is 11.0 Å². The summed E-state index contributed by atoms with van der Waals surface area (Å²) in [5, 5.41) is 0. The molecule has 0 unspecified atom stereocenters. The molecule has 2 aromatic carbocycles. The van der Waals surface area contributed by atoms with E-state index in [9.17, 15) is 12.8 Å². The Morgan fingerprint density at radius 1 is 1.05 bits per heavy atom. The number of benzene rings is 2. The fraction of sp³-hybridized carbons (Fsp3) is 0. The highest BCUT2D eigenvalue weighted by Gasteiger charge is 2.17. The van der Waals surface area contributed by atoms with E-state index >= 15 is 0 Å². The first-order valence-corrected chi connectivity index (χ1v) is 7.77. The Morgan fingerprint density at radius 2 is 1.80 bits per heavy atom. The van der Waals surface area contributed by atoms with Crippen LogP contribution in [0.5, 0.6) is 0 Å². The molecule has 8 heteroatoms. The highest BCUT2D eigenvalue weighted by atomic mass is 32.2. The molecule has 0 aliphatic heterocycles. The lowest BCUT2D eigenvalue weighted by molar-refractivity contribution is 0.598. The minimum absolute atomic E-state index is 0.0148. The summed E-state index contributed by atoms with van der Waals surface area (Å²) in [6.45, 7) is 0. The predicted molar refractivity (Wildman–Crippen MR) is 74.6 cm³/mol. The highest BCUT2D eigenvalue weighted by molar-refractivity contribution is 7.92. The topological polar surface area (TPSA) is 72.0 Å². The van der Waals surface area contributed by atoms with Crippen molar-refractivity contribution in [2.24, 2.45) is 0 Å². The summed E-state index contributed by atoms with van der Waals surface area (Å²) in [7, 11) is -3.86. The second-order valence-electron chi connectivity index (χ2n) is 4.00. The van der Waals surface area contributed by atoms with Gasteiger partial charge in [0, 0.05) is 0 Å². The average Bonchev–Trinajstić information content (AvgIpc) is 2.88. The van der Waals surface area contributed by atoms with E-state index in [1.165, 1.54) is 30.3 Å². The second kappa shape index (κ2) is 4.80. The lowest BCUT2D eigenvalue weighted by Crippen LogP contribution is -2.13. The van der Waals surface area contributed by atoms with Crippen LogP contribution in [-0.2, 0) is 10.0 Å². The number of halogens is 1. The van der Waals surface area contributed by atoms with Crippen LogP contribution in [-0.4, -0.2) is 17.2 Å². The molecule has 0 saturated heterocycles. The van der Waals surface area contributed by atoms with Crippen LogP contribution in [0, 0.1) is 5.82 Å². The van der Waals surface area contributed by atoms with Crippen molar-refractivity contribution in [3.8, 4) is 0 Å². The van der Waals surface area contributed by atoms with Gasteiger partial charge in [-0.3, -0.25) is 4.72 Å². The summed E-state index contributed by atoms with van der Waals surface area (Å²) in [5.74, 6) is -0.632. The molecule has 0 atom stereocenters. The monoisotopic (exact) mass is 309 g/mol. The molecule has 1 heterocycles. The molecular formula is C12H8FN3O2S2. The third-order valence-corrected chi connectivity index (χ3v) is 4.57. The molecule has 0 aliphatic rings. The van der Waals surface area contributed by atoms with E-state index in [1.807, 2.05) is 0 Å². The van der Waals surface area contributed by atoms with Crippen LogP contribution in [0.15, 0.2) is 47.4 Å². The molecule has 20 heavy (non-hydrogen) atoms. The third kappa shape index (κ3) is 2.35. The smallest absolute Gasteiger partial charge is 0.262 e. The van der Waals surface area contributed by atoms with Gasteiger partial charge in [0.05, 0.1) is 22.3 Å². The van der Waals surface area contributed by atoms with Gasteiger partial charge < -0.3 is 0 Å². The van der Waals surface area contributed by atoms with Crippen LogP contribution >= 0.6 is 11.7 Å². The number of rotatable bonds is 3. The Bertz CT molecular complexity index is 877. The van der Waals surface area contributed by atoms with Crippen LogP contribution in [0.2, 0.25) is 0 Å². The Kier molecular flexibility index (Phi) is 3.11. The van der Waals surface area contributed by atoms with Gasteiger partial charge in [-0.05, 0) is 30.3 Å². The first-order valence-electron chi connectivity index (χ1n) is 5.56. The van der Waals surface area contributed by atoms with Crippen molar-refractivity contribution in [3.63, 3.8) is 0 Å². The molecule has 102 valence electrons. The zero-order valence-electron chi connectivity index (χ0n) is 9.95. The lowest BCUT2D eigenvalue weighted by Gasteiger charge is -2.08. The molecule has 0 bridgehead atoms. The number of aromatic nitrogens is 2. The van der Waals surface area contributed by atoms with Gasteiger partial charge in [0.1, 0.15) is 16.9 Å². The molecular weight excluding hydrogens is 301 g/mol. The van der Waals surface area contributed by atoms with Crippen LogP contribution in [0.4, 0.5) is 10.1 Å². The molecule has 0 saturated carbocycles. The zero-order valence-corrected chi connectivity index (χ0v) is 11.6. The minimum Gasteiger partial charge on any atom is -0.277 e. The molecule has 3 rings (SSSR count). The van der Waals surface area contributed by atoms with Gasteiger partial charge in [0.15, 0.2) is 0 Å². The summed E-state index contributed by atoms with van der Waals surface area (Å²) in [5.41, 5.74) is 1.02. The maximum atomic E-state index is 13.5. The highest BCUT2D eigenvalue weighted by Crippen LogP contribution is 2.21. The largest absolute Gasteiger partial charge is 0.277 e. The summed E-state index contributed by atoms with van der Waals surface area (Å²) in [6, 6.07) is 9.96. The Balaban J connectivity index is 2.01. The van der Waals surface area contributed by atoms with E-state index in [2.05, 4.69) is 13.5 Å². The van der Waals surface area contributed by atoms with E-state index in [-0.39, 0.29) is 10.6 Å². The van der Waals surface area contributed by atoms with Gasteiger partial charge in [-0.1, -0.05) is 12.1 Å². The van der Waals surface area contributed by atoms with Crippen LogP contribution in [0.1, 0.15) is 0 Å². The average molecular weight is 309 g/mol. The first-order chi connectivity index (χ1) is 9.56.